The van der Waals surface area contributed by atoms with Crippen molar-refractivity contribution in [3.05, 3.63) is 29.8 Å². The van der Waals surface area contributed by atoms with Crippen LogP contribution >= 0.6 is 0 Å². The molecule has 1 fully saturated rings. The minimum Gasteiger partial charge on any atom is -0.481 e. The molecule has 0 aromatic heterocycles. The van der Waals surface area contributed by atoms with Crippen molar-refractivity contribution in [2.75, 3.05) is 17.3 Å². The third-order valence-corrected chi connectivity index (χ3v) is 4.06. The first-order valence-corrected chi connectivity index (χ1v) is 8.10. The van der Waals surface area contributed by atoms with E-state index < -0.39 is 32.9 Å². The van der Waals surface area contributed by atoms with Gasteiger partial charge in [0.25, 0.3) is 0 Å². The number of carbonyl (C=O) groups is 2. The number of hydrogen-bond donors (Lipinski definition) is 2. The van der Waals surface area contributed by atoms with E-state index in [4.69, 9.17) is 5.11 Å². The first-order valence-electron chi connectivity index (χ1n) is 6.04. The Morgan fingerprint density at radius 2 is 1.80 bits per heavy atom. The number of nitrogens with one attached hydrogen (secondary N) is 1. The van der Waals surface area contributed by atoms with E-state index >= 15 is 0 Å². The summed E-state index contributed by atoms with van der Waals surface area (Å²) < 4.78 is 21.9. The maximum atomic E-state index is 11.4. The van der Waals surface area contributed by atoms with E-state index in [1.165, 1.54) is 0 Å². The highest BCUT2D eigenvalue weighted by atomic mass is 32.2. The van der Waals surface area contributed by atoms with E-state index in [2.05, 4.69) is 5.32 Å². The van der Waals surface area contributed by atoms with Crippen molar-refractivity contribution < 1.29 is 23.1 Å². The van der Waals surface area contributed by atoms with Gasteiger partial charge in [-0.15, -0.1) is 0 Å². The average Bonchev–Trinajstić information content (AvgIpc) is 3.08. The Labute approximate surface area is 116 Å². The number of anilines is 1. The summed E-state index contributed by atoms with van der Waals surface area (Å²) in [6.07, 6.45) is 2.21. The van der Waals surface area contributed by atoms with Crippen LogP contribution in [0.15, 0.2) is 24.3 Å². The van der Waals surface area contributed by atoms with E-state index in [-0.39, 0.29) is 0 Å². The highest BCUT2D eigenvalue weighted by molar-refractivity contribution is 7.91. The van der Waals surface area contributed by atoms with Crippen molar-refractivity contribution in [1.29, 1.82) is 0 Å². The van der Waals surface area contributed by atoms with Crippen LogP contribution in [0.3, 0.4) is 0 Å². The van der Waals surface area contributed by atoms with E-state index in [1.54, 1.807) is 24.3 Å². The van der Waals surface area contributed by atoms with Crippen LogP contribution in [0.4, 0.5) is 5.69 Å². The van der Waals surface area contributed by atoms with Gasteiger partial charge in [-0.2, -0.15) is 0 Å². The molecular weight excluding hydrogens is 282 g/mol. The predicted octanol–water partition coefficient (Wildman–Crippen LogP) is 0.786. The second-order valence-corrected chi connectivity index (χ2v) is 7.22. The van der Waals surface area contributed by atoms with Crippen LogP contribution in [0.5, 0.6) is 0 Å². The van der Waals surface area contributed by atoms with Crippen molar-refractivity contribution in [2.45, 2.75) is 18.3 Å². The van der Waals surface area contributed by atoms with Crippen LogP contribution in [0, 0.1) is 0 Å². The lowest BCUT2D eigenvalue weighted by Gasteiger charge is -2.11. The molecule has 2 N–H and O–H groups in total. The zero-order valence-electron chi connectivity index (χ0n) is 10.9. The number of benzene rings is 1. The fourth-order valence-electron chi connectivity index (χ4n) is 2.06. The quantitative estimate of drug-likeness (QED) is 0.836. The molecule has 1 aromatic rings. The fraction of sp³-hybridized carbons (Fsp3) is 0.385. The Morgan fingerprint density at radius 3 is 2.20 bits per heavy atom. The third-order valence-electron chi connectivity index (χ3n) is 3.27. The van der Waals surface area contributed by atoms with E-state index in [1.807, 2.05) is 0 Å². The lowest BCUT2D eigenvalue weighted by atomic mass is 9.96. The Bertz CT molecular complexity index is 644. The SMILES string of the molecule is CS(=O)(=O)CC(=O)Nc1ccc(C2(C(=O)O)CC2)cc1. The molecule has 0 unspecified atom stereocenters. The summed E-state index contributed by atoms with van der Waals surface area (Å²) in [6, 6.07) is 6.46. The lowest BCUT2D eigenvalue weighted by molar-refractivity contribution is -0.140. The van der Waals surface area contributed by atoms with E-state index in [0.29, 0.717) is 24.1 Å². The molecule has 6 nitrogen and oxygen atoms in total. The van der Waals surface area contributed by atoms with Crippen molar-refractivity contribution >= 4 is 27.4 Å². The van der Waals surface area contributed by atoms with Crippen LogP contribution in [0.2, 0.25) is 0 Å². The smallest absolute Gasteiger partial charge is 0.314 e. The summed E-state index contributed by atoms with van der Waals surface area (Å²) in [4.78, 5) is 22.6. The van der Waals surface area contributed by atoms with Gasteiger partial charge in [0.15, 0.2) is 9.84 Å². The summed E-state index contributed by atoms with van der Waals surface area (Å²) in [6.45, 7) is 0. The minimum absolute atomic E-state index is 0.448. The molecular formula is C13H15NO5S. The number of sulfone groups is 1. The number of carboxylic acids is 1. The van der Waals surface area contributed by atoms with E-state index in [9.17, 15) is 18.0 Å². The van der Waals surface area contributed by atoms with Crippen molar-refractivity contribution in [1.82, 2.24) is 0 Å². The van der Waals surface area contributed by atoms with Crippen molar-refractivity contribution in [2.24, 2.45) is 0 Å². The highest BCUT2D eigenvalue weighted by Crippen LogP contribution is 2.48. The molecule has 0 aliphatic heterocycles. The van der Waals surface area contributed by atoms with Gasteiger partial charge in [0.2, 0.25) is 5.91 Å². The Balaban J connectivity index is 2.06. The normalized spacial score (nSPS) is 16.4. The second kappa shape index (κ2) is 4.90. The number of carbonyl (C=O) groups excluding carboxylic acids is 1. The number of aliphatic carboxylic acids is 1. The molecule has 0 saturated heterocycles. The van der Waals surface area contributed by atoms with Gasteiger partial charge in [0, 0.05) is 11.9 Å². The zero-order valence-corrected chi connectivity index (χ0v) is 11.7. The predicted molar refractivity (Wildman–Crippen MR) is 73.3 cm³/mol. The largest absolute Gasteiger partial charge is 0.481 e. The number of rotatable bonds is 5. The highest BCUT2D eigenvalue weighted by Gasteiger charge is 2.51. The molecule has 2 rings (SSSR count). The number of hydrogen-bond acceptors (Lipinski definition) is 4. The maximum Gasteiger partial charge on any atom is 0.314 e. The number of amides is 1. The van der Waals surface area contributed by atoms with Crippen LogP contribution in [0.1, 0.15) is 18.4 Å². The summed E-state index contributed by atoms with van der Waals surface area (Å²) in [5.74, 6) is -2.03. The average molecular weight is 297 g/mol. The minimum atomic E-state index is -3.37. The van der Waals surface area contributed by atoms with Gasteiger partial charge in [-0.05, 0) is 30.5 Å². The molecule has 0 radical (unpaired) electrons. The third kappa shape index (κ3) is 3.16. The second-order valence-electron chi connectivity index (χ2n) is 5.08. The Hall–Kier alpha value is -1.89. The molecule has 0 bridgehead atoms. The van der Waals surface area contributed by atoms with Gasteiger partial charge < -0.3 is 10.4 Å². The van der Waals surface area contributed by atoms with Crippen LogP contribution in [0.25, 0.3) is 0 Å². The zero-order chi connectivity index (χ0) is 15.0. The van der Waals surface area contributed by atoms with Gasteiger partial charge in [-0.3, -0.25) is 9.59 Å². The Kier molecular flexibility index (Phi) is 3.56. The number of carboxylic acid groups (broad SMARTS) is 1. The molecule has 108 valence electrons. The molecule has 1 saturated carbocycles. The standard InChI is InChI=1S/C13H15NO5S/c1-20(18,19)8-11(15)14-10-4-2-9(3-5-10)13(6-7-13)12(16)17/h2-5H,6-8H2,1H3,(H,14,15)(H,16,17). The van der Waals surface area contributed by atoms with Crippen molar-refractivity contribution in [3.8, 4) is 0 Å². The Morgan fingerprint density at radius 1 is 1.25 bits per heavy atom. The molecule has 0 atom stereocenters. The van der Waals surface area contributed by atoms with Gasteiger partial charge >= 0.3 is 5.97 Å². The first kappa shape index (κ1) is 14.5. The monoisotopic (exact) mass is 297 g/mol. The van der Waals surface area contributed by atoms with Gasteiger partial charge in [-0.1, -0.05) is 12.1 Å². The van der Waals surface area contributed by atoms with Gasteiger partial charge in [-0.25, -0.2) is 8.42 Å². The van der Waals surface area contributed by atoms with Gasteiger partial charge in [0.1, 0.15) is 5.75 Å². The molecule has 1 aliphatic carbocycles. The van der Waals surface area contributed by atoms with Gasteiger partial charge in [0.05, 0.1) is 5.41 Å². The summed E-state index contributed by atoms with van der Waals surface area (Å²) >= 11 is 0. The van der Waals surface area contributed by atoms with Crippen molar-refractivity contribution in [3.63, 3.8) is 0 Å². The summed E-state index contributed by atoms with van der Waals surface area (Å²) in [7, 11) is -3.37. The fourth-order valence-corrected chi connectivity index (χ4v) is 2.61. The maximum absolute atomic E-state index is 11.4. The molecule has 20 heavy (non-hydrogen) atoms. The van der Waals surface area contributed by atoms with E-state index in [0.717, 1.165) is 6.26 Å². The summed E-state index contributed by atoms with van der Waals surface area (Å²) in [5.41, 5.74) is 0.365. The van der Waals surface area contributed by atoms with Crippen LogP contribution < -0.4 is 5.32 Å². The molecule has 0 spiro atoms. The first-order chi connectivity index (χ1) is 9.23. The molecule has 1 aromatic carbocycles. The topological polar surface area (TPSA) is 101 Å². The van der Waals surface area contributed by atoms with Crippen LogP contribution in [-0.4, -0.2) is 37.4 Å². The molecule has 7 heteroatoms. The molecule has 1 aliphatic rings. The van der Waals surface area contributed by atoms with Crippen LogP contribution in [-0.2, 0) is 24.8 Å². The lowest BCUT2D eigenvalue weighted by Crippen LogP contribution is -2.22. The molecule has 0 heterocycles. The summed E-state index contributed by atoms with van der Waals surface area (Å²) in [5, 5.41) is 11.6. The molecule has 1 amide bonds.